The first-order valence-corrected chi connectivity index (χ1v) is 8.40. The fraction of sp³-hybridized carbons (Fsp3) is 0.688. The molecule has 30 heavy (non-hydrogen) atoms. The fourth-order valence-corrected chi connectivity index (χ4v) is 2.55. The van der Waals surface area contributed by atoms with E-state index < -0.39 is 73.2 Å². The van der Waals surface area contributed by atoms with Crippen molar-refractivity contribution in [3.05, 3.63) is 0 Å². The number of esters is 4. The van der Waals surface area contributed by atoms with Gasteiger partial charge in [0.15, 0.2) is 12.2 Å². The SMILES string of the molecule is CC(=O)OC[C@H]1OC(OC(C)=O)[C@H](NC(=O)C(F)(F)F)[C@@H](OC(C)=O)[C@@H]1OC(C)=O. The van der Waals surface area contributed by atoms with Crippen molar-refractivity contribution in [3.8, 4) is 0 Å². The van der Waals surface area contributed by atoms with Crippen LogP contribution in [-0.2, 0) is 47.7 Å². The maximum absolute atomic E-state index is 12.8. The Kier molecular flexibility index (Phi) is 8.57. The number of amides is 1. The molecule has 0 radical (unpaired) electrons. The van der Waals surface area contributed by atoms with Crippen LogP contribution in [0.15, 0.2) is 0 Å². The van der Waals surface area contributed by atoms with Gasteiger partial charge in [-0.2, -0.15) is 13.2 Å². The van der Waals surface area contributed by atoms with Crippen molar-refractivity contribution < 1.29 is 60.8 Å². The average molecular weight is 443 g/mol. The van der Waals surface area contributed by atoms with E-state index in [4.69, 9.17) is 23.7 Å². The first-order valence-electron chi connectivity index (χ1n) is 8.40. The Labute approximate surface area is 168 Å². The van der Waals surface area contributed by atoms with E-state index in [2.05, 4.69) is 0 Å². The van der Waals surface area contributed by atoms with Gasteiger partial charge in [0.25, 0.3) is 0 Å². The highest BCUT2D eigenvalue weighted by Gasteiger charge is 2.54. The zero-order valence-electron chi connectivity index (χ0n) is 16.3. The molecule has 1 fully saturated rings. The van der Waals surface area contributed by atoms with E-state index in [9.17, 15) is 37.1 Å². The number of alkyl halides is 3. The van der Waals surface area contributed by atoms with Gasteiger partial charge in [-0.05, 0) is 0 Å². The Bertz CT molecular complexity index is 695. The molecular formula is C16H20F3NO10. The number of rotatable bonds is 6. The van der Waals surface area contributed by atoms with Crippen LogP contribution in [-0.4, -0.2) is 73.2 Å². The number of nitrogens with one attached hydrogen (secondary N) is 1. The molecule has 0 aromatic carbocycles. The average Bonchev–Trinajstić information content (AvgIpc) is 2.56. The lowest BCUT2D eigenvalue weighted by atomic mass is 9.96. The number of hydrogen-bond acceptors (Lipinski definition) is 10. The molecule has 11 nitrogen and oxygen atoms in total. The number of carbonyl (C=O) groups excluding carboxylic acids is 5. The maximum atomic E-state index is 12.8. The van der Waals surface area contributed by atoms with Crippen molar-refractivity contribution in [1.29, 1.82) is 0 Å². The molecule has 1 saturated heterocycles. The van der Waals surface area contributed by atoms with Crippen molar-refractivity contribution in [1.82, 2.24) is 5.32 Å². The fourth-order valence-electron chi connectivity index (χ4n) is 2.55. The molecule has 1 aliphatic rings. The molecule has 0 saturated carbocycles. The number of ether oxygens (including phenoxy) is 5. The van der Waals surface area contributed by atoms with E-state index in [1.54, 1.807) is 0 Å². The minimum absolute atomic E-state index is 0.594. The Hall–Kier alpha value is -2.90. The van der Waals surface area contributed by atoms with Crippen LogP contribution in [0.1, 0.15) is 27.7 Å². The lowest BCUT2D eigenvalue weighted by molar-refractivity contribution is -0.272. The molecule has 1 rings (SSSR count). The molecule has 14 heteroatoms. The van der Waals surface area contributed by atoms with Crippen molar-refractivity contribution >= 4 is 29.8 Å². The summed E-state index contributed by atoms with van der Waals surface area (Å²) in [5, 5.41) is 1.52. The van der Waals surface area contributed by atoms with Gasteiger partial charge in [-0.3, -0.25) is 24.0 Å². The van der Waals surface area contributed by atoms with Crippen LogP contribution in [0.2, 0.25) is 0 Å². The first kappa shape index (κ1) is 25.1. The predicted octanol–water partition coefficient (Wildman–Crippen LogP) is -0.252. The van der Waals surface area contributed by atoms with Crippen LogP contribution in [0.5, 0.6) is 0 Å². The molecule has 1 heterocycles. The molecular weight excluding hydrogens is 423 g/mol. The molecule has 5 atom stereocenters. The quantitative estimate of drug-likeness (QED) is 0.431. The second-order valence-electron chi connectivity index (χ2n) is 6.10. The van der Waals surface area contributed by atoms with Crippen molar-refractivity contribution in [2.75, 3.05) is 6.61 Å². The van der Waals surface area contributed by atoms with Crippen LogP contribution in [0.4, 0.5) is 13.2 Å². The highest BCUT2D eigenvalue weighted by molar-refractivity contribution is 5.82. The summed E-state index contributed by atoms with van der Waals surface area (Å²) >= 11 is 0. The van der Waals surface area contributed by atoms with Gasteiger partial charge in [-0.25, -0.2) is 0 Å². The summed E-state index contributed by atoms with van der Waals surface area (Å²) in [5.41, 5.74) is 0. The standard InChI is InChI=1S/C16H20F3NO10/c1-6(21)26-5-10-12(27-7(2)22)13(28-8(3)23)11(14(30-10)29-9(4)24)20-15(25)16(17,18)19/h10-14H,5H2,1-4H3,(H,20,25)/t10-,11-,12-,13-,14?/m1/s1. The molecule has 0 aromatic rings. The van der Waals surface area contributed by atoms with Crippen LogP contribution in [0, 0.1) is 0 Å². The van der Waals surface area contributed by atoms with E-state index in [-0.39, 0.29) is 0 Å². The number of halogens is 3. The Morgan fingerprint density at radius 3 is 1.77 bits per heavy atom. The van der Waals surface area contributed by atoms with Crippen molar-refractivity contribution in [3.63, 3.8) is 0 Å². The van der Waals surface area contributed by atoms with Crippen molar-refractivity contribution in [2.45, 2.75) is 64.5 Å². The number of hydrogen-bond donors (Lipinski definition) is 1. The van der Waals surface area contributed by atoms with Gasteiger partial charge in [0.2, 0.25) is 6.29 Å². The van der Waals surface area contributed by atoms with Gasteiger partial charge in [0.1, 0.15) is 18.8 Å². The van der Waals surface area contributed by atoms with Crippen LogP contribution in [0.25, 0.3) is 0 Å². The molecule has 0 aliphatic carbocycles. The Balaban J connectivity index is 3.39. The molecule has 1 amide bonds. The third-order valence-electron chi connectivity index (χ3n) is 3.54. The van der Waals surface area contributed by atoms with Gasteiger partial charge < -0.3 is 29.0 Å². The van der Waals surface area contributed by atoms with Crippen LogP contribution in [0.3, 0.4) is 0 Å². The van der Waals surface area contributed by atoms with Gasteiger partial charge in [0.05, 0.1) is 0 Å². The zero-order valence-corrected chi connectivity index (χ0v) is 16.3. The highest BCUT2D eigenvalue weighted by atomic mass is 19.4. The zero-order chi connectivity index (χ0) is 23.2. The second kappa shape index (κ2) is 10.2. The lowest BCUT2D eigenvalue weighted by Crippen LogP contribution is -2.67. The summed E-state index contributed by atoms with van der Waals surface area (Å²) in [6.07, 6.45) is -12.0. The van der Waals surface area contributed by atoms with Crippen molar-refractivity contribution in [2.24, 2.45) is 0 Å². The van der Waals surface area contributed by atoms with E-state index in [0.29, 0.717) is 0 Å². The predicted molar refractivity (Wildman–Crippen MR) is 86.2 cm³/mol. The molecule has 1 N–H and O–H groups in total. The third kappa shape index (κ3) is 7.50. The van der Waals surface area contributed by atoms with Gasteiger partial charge in [-0.15, -0.1) is 0 Å². The first-order chi connectivity index (χ1) is 13.7. The summed E-state index contributed by atoms with van der Waals surface area (Å²) in [4.78, 5) is 57.0. The molecule has 0 aromatic heterocycles. The minimum atomic E-state index is -5.34. The largest absolute Gasteiger partial charge is 0.471 e. The minimum Gasteiger partial charge on any atom is -0.463 e. The Morgan fingerprint density at radius 2 is 1.33 bits per heavy atom. The van der Waals surface area contributed by atoms with Crippen LogP contribution < -0.4 is 5.32 Å². The van der Waals surface area contributed by atoms with E-state index >= 15 is 0 Å². The summed E-state index contributed by atoms with van der Waals surface area (Å²) in [5.74, 6) is -6.20. The lowest BCUT2D eigenvalue weighted by Gasteiger charge is -2.44. The second-order valence-corrected chi connectivity index (χ2v) is 6.10. The van der Waals surface area contributed by atoms with Gasteiger partial charge in [0, 0.05) is 27.7 Å². The van der Waals surface area contributed by atoms with E-state index in [1.807, 2.05) is 0 Å². The summed E-state index contributed by atoms with van der Waals surface area (Å²) in [7, 11) is 0. The van der Waals surface area contributed by atoms with Gasteiger partial charge >= 0.3 is 36.0 Å². The topological polar surface area (TPSA) is 144 Å². The molecule has 0 spiro atoms. The van der Waals surface area contributed by atoms with E-state index in [1.165, 1.54) is 5.32 Å². The summed E-state index contributed by atoms with van der Waals surface area (Å²) in [6.45, 7) is 3.22. The molecule has 1 aliphatic heterocycles. The highest BCUT2D eigenvalue weighted by Crippen LogP contribution is 2.29. The monoisotopic (exact) mass is 443 g/mol. The smallest absolute Gasteiger partial charge is 0.463 e. The molecule has 170 valence electrons. The third-order valence-corrected chi connectivity index (χ3v) is 3.54. The summed E-state index contributed by atoms with van der Waals surface area (Å²) < 4.78 is 63.2. The molecule has 1 unspecified atom stereocenters. The Morgan fingerprint density at radius 1 is 0.833 bits per heavy atom. The maximum Gasteiger partial charge on any atom is 0.471 e. The van der Waals surface area contributed by atoms with E-state index in [0.717, 1.165) is 27.7 Å². The van der Waals surface area contributed by atoms with Crippen LogP contribution >= 0.6 is 0 Å². The number of carbonyl (C=O) groups is 5. The summed E-state index contributed by atoms with van der Waals surface area (Å²) in [6, 6.07) is -1.91. The normalized spacial score (nSPS) is 26.2. The van der Waals surface area contributed by atoms with Gasteiger partial charge in [-0.1, -0.05) is 0 Å². The molecule has 0 bridgehead atoms.